The monoisotopic (exact) mass is 297 g/mol. The maximum Gasteiger partial charge on any atom is 0.312 e. The van der Waals surface area contributed by atoms with E-state index in [9.17, 15) is 9.59 Å². The summed E-state index contributed by atoms with van der Waals surface area (Å²) in [4.78, 5) is 23.1. The van der Waals surface area contributed by atoms with Gasteiger partial charge in [0.1, 0.15) is 11.8 Å². The second kappa shape index (κ2) is 8.31. The van der Waals surface area contributed by atoms with E-state index in [1.54, 1.807) is 43.1 Å². The van der Waals surface area contributed by atoms with Crippen molar-refractivity contribution in [3.63, 3.8) is 0 Å². The van der Waals surface area contributed by atoms with E-state index in [-0.39, 0.29) is 5.91 Å². The van der Waals surface area contributed by atoms with Gasteiger partial charge in [-0.25, -0.2) is 4.79 Å². The zero-order chi connectivity index (χ0) is 15.0. The average molecular weight is 297 g/mol. The fourth-order valence-corrected chi connectivity index (χ4v) is 2.08. The van der Waals surface area contributed by atoms with Crippen LogP contribution in [0.25, 0.3) is 0 Å². The lowest BCUT2D eigenvalue weighted by molar-refractivity contribution is -0.117. The number of amides is 3. The number of hydrogen-bond donors (Lipinski definition) is 3. The van der Waals surface area contributed by atoms with Gasteiger partial charge in [-0.2, -0.15) is 11.8 Å². The third kappa shape index (κ3) is 5.40. The van der Waals surface area contributed by atoms with Crippen LogP contribution >= 0.6 is 11.8 Å². The molecule has 7 heteroatoms. The summed E-state index contributed by atoms with van der Waals surface area (Å²) in [5, 5.41) is 5.18. The number of rotatable bonds is 7. The largest absolute Gasteiger partial charge is 0.497 e. The van der Waals surface area contributed by atoms with Crippen molar-refractivity contribution in [1.29, 1.82) is 0 Å². The third-order valence-electron chi connectivity index (χ3n) is 2.58. The molecule has 1 atom stereocenters. The molecule has 0 aliphatic carbocycles. The van der Waals surface area contributed by atoms with Crippen LogP contribution in [0.4, 0.5) is 10.5 Å². The Morgan fingerprint density at radius 1 is 1.45 bits per heavy atom. The number of thioether (sulfide) groups is 1. The molecule has 6 nitrogen and oxygen atoms in total. The molecule has 0 fully saturated rings. The van der Waals surface area contributed by atoms with E-state index < -0.39 is 12.1 Å². The van der Waals surface area contributed by atoms with E-state index in [4.69, 9.17) is 10.5 Å². The zero-order valence-electron chi connectivity index (χ0n) is 11.5. The molecule has 20 heavy (non-hydrogen) atoms. The van der Waals surface area contributed by atoms with Crippen molar-refractivity contribution in [2.75, 3.05) is 24.4 Å². The first-order chi connectivity index (χ1) is 9.56. The average Bonchev–Trinajstić information content (AvgIpc) is 2.43. The molecule has 0 spiro atoms. The van der Waals surface area contributed by atoms with Crippen LogP contribution in [-0.2, 0) is 4.79 Å². The lowest BCUT2D eigenvalue weighted by Crippen LogP contribution is -2.46. The summed E-state index contributed by atoms with van der Waals surface area (Å²) in [7, 11) is 1.55. The highest BCUT2D eigenvalue weighted by atomic mass is 32.2. The molecule has 0 aromatic heterocycles. The Morgan fingerprint density at radius 3 is 2.80 bits per heavy atom. The number of methoxy groups -OCH3 is 1. The molecule has 0 saturated carbocycles. The highest BCUT2D eigenvalue weighted by molar-refractivity contribution is 7.98. The Labute approximate surface area is 122 Å². The topological polar surface area (TPSA) is 93.4 Å². The van der Waals surface area contributed by atoms with Crippen LogP contribution in [0, 0.1) is 0 Å². The van der Waals surface area contributed by atoms with E-state index in [0.29, 0.717) is 17.9 Å². The summed E-state index contributed by atoms with van der Waals surface area (Å²) in [5.41, 5.74) is 5.69. The predicted molar refractivity (Wildman–Crippen MR) is 81.1 cm³/mol. The lowest BCUT2D eigenvalue weighted by atomic mass is 10.2. The molecular weight excluding hydrogens is 278 g/mol. The van der Waals surface area contributed by atoms with Crippen LogP contribution in [0.2, 0.25) is 0 Å². The molecule has 0 bridgehead atoms. The van der Waals surface area contributed by atoms with E-state index in [1.165, 1.54) is 0 Å². The number of carbonyl (C=O) groups excluding carboxylic acids is 2. The minimum Gasteiger partial charge on any atom is -0.497 e. The first-order valence-electron chi connectivity index (χ1n) is 6.06. The van der Waals surface area contributed by atoms with Gasteiger partial charge in [0.2, 0.25) is 5.91 Å². The van der Waals surface area contributed by atoms with Crippen molar-refractivity contribution >= 4 is 29.4 Å². The fraction of sp³-hybridized carbons (Fsp3) is 0.385. The summed E-state index contributed by atoms with van der Waals surface area (Å²) >= 11 is 1.59. The maximum absolute atomic E-state index is 12.1. The van der Waals surface area contributed by atoms with Gasteiger partial charge >= 0.3 is 6.03 Å². The Bertz CT molecular complexity index is 468. The number of nitrogens with two attached hydrogens (primary N) is 1. The van der Waals surface area contributed by atoms with Crippen molar-refractivity contribution in [2.45, 2.75) is 12.5 Å². The van der Waals surface area contributed by atoms with Crippen molar-refractivity contribution in [3.8, 4) is 5.75 Å². The van der Waals surface area contributed by atoms with Gasteiger partial charge < -0.3 is 21.1 Å². The normalized spacial score (nSPS) is 11.5. The minimum atomic E-state index is -0.711. The van der Waals surface area contributed by atoms with Gasteiger partial charge in [0.25, 0.3) is 0 Å². The zero-order valence-corrected chi connectivity index (χ0v) is 12.3. The summed E-state index contributed by atoms with van der Waals surface area (Å²) in [6.45, 7) is 0. The smallest absolute Gasteiger partial charge is 0.312 e. The molecule has 1 aromatic rings. The van der Waals surface area contributed by atoms with Crippen LogP contribution in [-0.4, -0.2) is 37.1 Å². The van der Waals surface area contributed by atoms with Crippen LogP contribution in [0.3, 0.4) is 0 Å². The number of urea groups is 1. The van der Waals surface area contributed by atoms with Crippen LogP contribution < -0.4 is 21.1 Å². The van der Waals surface area contributed by atoms with Crippen molar-refractivity contribution in [1.82, 2.24) is 5.32 Å². The molecule has 4 N–H and O–H groups in total. The molecule has 1 rings (SSSR count). The predicted octanol–water partition coefficient (Wildman–Crippen LogP) is 1.42. The highest BCUT2D eigenvalue weighted by Gasteiger charge is 2.19. The van der Waals surface area contributed by atoms with E-state index >= 15 is 0 Å². The molecule has 0 aliphatic heterocycles. The van der Waals surface area contributed by atoms with Crippen molar-refractivity contribution in [2.24, 2.45) is 5.73 Å². The first-order valence-corrected chi connectivity index (χ1v) is 7.46. The molecule has 0 heterocycles. The van der Waals surface area contributed by atoms with E-state index in [1.807, 2.05) is 6.26 Å². The van der Waals surface area contributed by atoms with Crippen molar-refractivity contribution in [3.05, 3.63) is 24.3 Å². The van der Waals surface area contributed by atoms with Crippen LogP contribution in [0.15, 0.2) is 24.3 Å². The minimum absolute atomic E-state index is 0.300. The Hall–Kier alpha value is -1.89. The number of anilines is 1. The molecular formula is C13H19N3O3S. The Morgan fingerprint density at radius 2 is 2.20 bits per heavy atom. The van der Waals surface area contributed by atoms with Gasteiger partial charge in [0, 0.05) is 11.8 Å². The second-order valence-electron chi connectivity index (χ2n) is 4.06. The van der Waals surface area contributed by atoms with Crippen molar-refractivity contribution < 1.29 is 14.3 Å². The molecule has 0 aliphatic rings. The number of benzene rings is 1. The van der Waals surface area contributed by atoms with Crippen LogP contribution in [0.5, 0.6) is 5.75 Å². The quantitative estimate of drug-likeness (QED) is 0.709. The van der Waals surface area contributed by atoms with Crippen LogP contribution in [0.1, 0.15) is 6.42 Å². The number of ether oxygens (including phenoxy) is 1. The van der Waals surface area contributed by atoms with E-state index in [2.05, 4.69) is 10.6 Å². The molecule has 110 valence electrons. The fourth-order valence-electron chi connectivity index (χ4n) is 1.61. The van der Waals surface area contributed by atoms with E-state index in [0.717, 1.165) is 5.75 Å². The Kier molecular flexibility index (Phi) is 6.72. The molecule has 3 amide bonds. The molecule has 0 radical (unpaired) electrons. The summed E-state index contributed by atoms with van der Waals surface area (Å²) in [5.74, 6) is 1.09. The first kappa shape index (κ1) is 16.2. The SMILES string of the molecule is COc1cccc(NC(=O)[C@H](CCSC)NC(N)=O)c1. The maximum atomic E-state index is 12.1. The standard InChI is InChI=1S/C13H19N3O3S/c1-19-10-5-3-4-9(8-10)15-12(17)11(6-7-20-2)16-13(14)18/h3-5,8,11H,6-7H2,1-2H3,(H,15,17)(H3,14,16,18)/t11-/m0/s1. The number of nitrogens with one attached hydrogen (secondary N) is 2. The lowest BCUT2D eigenvalue weighted by Gasteiger charge is -2.17. The van der Waals surface area contributed by atoms with Gasteiger partial charge in [-0.1, -0.05) is 6.07 Å². The molecule has 0 unspecified atom stereocenters. The van der Waals surface area contributed by atoms with Gasteiger partial charge in [-0.05, 0) is 30.6 Å². The molecule has 1 aromatic carbocycles. The number of carbonyl (C=O) groups is 2. The Balaban J connectivity index is 2.70. The third-order valence-corrected chi connectivity index (χ3v) is 3.22. The van der Waals surface area contributed by atoms with Gasteiger partial charge in [-0.15, -0.1) is 0 Å². The summed E-state index contributed by atoms with van der Waals surface area (Å²) in [6, 6.07) is 5.64. The van der Waals surface area contributed by atoms with Gasteiger partial charge in [0.05, 0.1) is 7.11 Å². The molecule has 0 saturated heterocycles. The van der Waals surface area contributed by atoms with Gasteiger partial charge in [0.15, 0.2) is 0 Å². The second-order valence-corrected chi connectivity index (χ2v) is 5.05. The summed E-state index contributed by atoms with van der Waals surface area (Å²) in [6.07, 6.45) is 2.45. The van der Waals surface area contributed by atoms with Gasteiger partial charge in [-0.3, -0.25) is 4.79 Å². The number of hydrogen-bond acceptors (Lipinski definition) is 4. The number of primary amides is 1. The summed E-state index contributed by atoms with van der Waals surface area (Å²) < 4.78 is 5.08. The highest BCUT2D eigenvalue weighted by Crippen LogP contribution is 2.17.